The second-order valence-corrected chi connectivity index (χ2v) is 4.16. The molecule has 0 aliphatic heterocycles. The highest BCUT2D eigenvalue weighted by molar-refractivity contribution is 5.67. The third-order valence-electron chi connectivity index (χ3n) is 2.47. The topological polar surface area (TPSA) is 63.3 Å². The first-order valence-corrected chi connectivity index (χ1v) is 5.67. The first kappa shape index (κ1) is 14.2. The molecule has 0 spiro atoms. The van der Waals surface area contributed by atoms with E-state index in [-0.39, 0.29) is 12.3 Å². The minimum absolute atomic E-state index is 0.118. The van der Waals surface area contributed by atoms with Gasteiger partial charge in [-0.25, -0.2) is 0 Å². The Labute approximate surface area is 92.4 Å². The van der Waals surface area contributed by atoms with Crippen LogP contribution in [0.1, 0.15) is 39.5 Å². The summed E-state index contributed by atoms with van der Waals surface area (Å²) >= 11 is 0. The lowest BCUT2D eigenvalue weighted by Crippen LogP contribution is -2.20. The second kappa shape index (κ2) is 8.48. The number of carboxylic acid groups (broad SMARTS) is 1. The Bertz CT molecular complexity index is 202. The summed E-state index contributed by atoms with van der Waals surface area (Å²) in [5, 5.41) is 8.67. The first-order chi connectivity index (χ1) is 7.10. The molecule has 0 aliphatic carbocycles. The van der Waals surface area contributed by atoms with Gasteiger partial charge >= 0.3 is 5.97 Å². The molecule has 0 saturated carbocycles. The maximum atomic E-state index is 10.5. The summed E-state index contributed by atoms with van der Waals surface area (Å²) in [6.07, 6.45) is 7.48. The molecular weight excluding hydrogens is 190 g/mol. The van der Waals surface area contributed by atoms with Gasteiger partial charge in [0.1, 0.15) is 0 Å². The summed E-state index contributed by atoms with van der Waals surface area (Å²) in [5.74, 6) is -0.116. The summed E-state index contributed by atoms with van der Waals surface area (Å²) in [7, 11) is 0. The predicted octanol–water partition coefficient (Wildman–Crippen LogP) is 2.42. The lowest BCUT2D eigenvalue weighted by Gasteiger charge is -2.16. The molecule has 15 heavy (non-hydrogen) atoms. The fourth-order valence-electron chi connectivity index (χ4n) is 1.67. The number of carboxylic acids is 1. The molecule has 0 bridgehead atoms. The van der Waals surface area contributed by atoms with Gasteiger partial charge in [0, 0.05) is 6.42 Å². The van der Waals surface area contributed by atoms with Crippen molar-refractivity contribution in [3.63, 3.8) is 0 Å². The van der Waals surface area contributed by atoms with E-state index in [1.165, 1.54) is 0 Å². The molecule has 0 fully saturated rings. The van der Waals surface area contributed by atoms with Crippen LogP contribution in [0.5, 0.6) is 0 Å². The van der Waals surface area contributed by atoms with Crippen LogP contribution in [0.25, 0.3) is 0 Å². The summed E-state index contributed by atoms with van der Waals surface area (Å²) in [4.78, 5) is 10.5. The highest BCUT2D eigenvalue weighted by atomic mass is 16.4. The average molecular weight is 213 g/mol. The minimum Gasteiger partial charge on any atom is -0.481 e. The third-order valence-corrected chi connectivity index (χ3v) is 2.47. The maximum absolute atomic E-state index is 10.5. The molecule has 0 radical (unpaired) electrons. The van der Waals surface area contributed by atoms with Gasteiger partial charge in [-0.1, -0.05) is 26.0 Å². The molecule has 0 saturated heterocycles. The van der Waals surface area contributed by atoms with Crippen molar-refractivity contribution >= 4 is 5.97 Å². The quantitative estimate of drug-likeness (QED) is 0.609. The molecular formula is C12H23NO2. The van der Waals surface area contributed by atoms with E-state index < -0.39 is 5.97 Å². The van der Waals surface area contributed by atoms with Crippen molar-refractivity contribution in [2.24, 2.45) is 17.6 Å². The largest absolute Gasteiger partial charge is 0.481 e. The Morgan fingerprint density at radius 3 is 2.60 bits per heavy atom. The molecule has 0 aromatic heterocycles. The Balaban J connectivity index is 3.84. The molecule has 2 atom stereocenters. The van der Waals surface area contributed by atoms with E-state index in [4.69, 9.17) is 10.8 Å². The van der Waals surface area contributed by atoms with E-state index in [0.717, 1.165) is 19.3 Å². The summed E-state index contributed by atoms with van der Waals surface area (Å²) < 4.78 is 0. The molecule has 0 amide bonds. The summed E-state index contributed by atoms with van der Waals surface area (Å²) in [6, 6.07) is 0. The Kier molecular flexibility index (Phi) is 8.01. The predicted molar refractivity (Wildman–Crippen MR) is 62.6 cm³/mol. The van der Waals surface area contributed by atoms with Gasteiger partial charge < -0.3 is 10.8 Å². The van der Waals surface area contributed by atoms with Crippen molar-refractivity contribution in [3.8, 4) is 0 Å². The Morgan fingerprint density at radius 2 is 2.13 bits per heavy atom. The van der Waals surface area contributed by atoms with Crippen molar-refractivity contribution in [2.45, 2.75) is 39.5 Å². The number of carbonyl (C=O) groups is 1. The number of hydrogen-bond donors (Lipinski definition) is 2. The summed E-state index contributed by atoms with van der Waals surface area (Å²) in [6.45, 7) is 4.72. The zero-order chi connectivity index (χ0) is 11.7. The van der Waals surface area contributed by atoms with Crippen LogP contribution >= 0.6 is 0 Å². The number of rotatable bonds is 8. The highest BCUT2D eigenvalue weighted by Gasteiger charge is 2.14. The van der Waals surface area contributed by atoms with Crippen molar-refractivity contribution < 1.29 is 9.90 Å². The van der Waals surface area contributed by atoms with Crippen LogP contribution in [0.4, 0.5) is 0 Å². The molecule has 0 rings (SSSR count). The monoisotopic (exact) mass is 213 g/mol. The van der Waals surface area contributed by atoms with E-state index in [1.54, 1.807) is 0 Å². The van der Waals surface area contributed by atoms with Crippen molar-refractivity contribution in [2.75, 3.05) is 6.54 Å². The smallest absolute Gasteiger partial charge is 0.303 e. The van der Waals surface area contributed by atoms with Crippen LogP contribution in [0.3, 0.4) is 0 Å². The van der Waals surface area contributed by atoms with Gasteiger partial charge in [-0.05, 0) is 37.6 Å². The van der Waals surface area contributed by atoms with Crippen LogP contribution in [0, 0.1) is 11.8 Å². The number of hydrogen-bond acceptors (Lipinski definition) is 2. The van der Waals surface area contributed by atoms with E-state index >= 15 is 0 Å². The van der Waals surface area contributed by atoms with Gasteiger partial charge in [0.25, 0.3) is 0 Å². The maximum Gasteiger partial charge on any atom is 0.303 e. The molecule has 0 aliphatic rings. The highest BCUT2D eigenvalue weighted by Crippen LogP contribution is 2.18. The number of allylic oxidation sites excluding steroid dienone is 2. The van der Waals surface area contributed by atoms with Crippen LogP contribution in [0.15, 0.2) is 12.2 Å². The van der Waals surface area contributed by atoms with Crippen LogP contribution in [0.2, 0.25) is 0 Å². The third kappa shape index (κ3) is 8.18. The van der Waals surface area contributed by atoms with E-state index in [9.17, 15) is 4.79 Å². The Hall–Kier alpha value is -0.830. The molecule has 3 nitrogen and oxygen atoms in total. The first-order valence-electron chi connectivity index (χ1n) is 5.67. The van der Waals surface area contributed by atoms with Crippen LogP contribution < -0.4 is 5.73 Å². The molecule has 3 heteroatoms. The molecule has 1 unspecified atom stereocenters. The van der Waals surface area contributed by atoms with Crippen molar-refractivity contribution in [1.29, 1.82) is 0 Å². The summed E-state index contributed by atoms with van der Waals surface area (Å²) in [5.41, 5.74) is 5.54. The SMILES string of the molecule is CC/C=C/CC(C)C[C@H](CN)CC(=O)O. The minimum atomic E-state index is -0.748. The number of nitrogens with two attached hydrogens (primary N) is 1. The van der Waals surface area contributed by atoms with Crippen molar-refractivity contribution in [1.82, 2.24) is 0 Å². The van der Waals surface area contributed by atoms with E-state index in [1.807, 2.05) is 0 Å². The van der Waals surface area contributed by atoms with Gasteiger partial charge in [0.05, 0.1) is 0 Å². The van der Waals surface area contributed by atoms with Gasteiger partial charge in [-0.15, -0.1) is 0 Å². The fourth-order valence-corrected chi connectivity index (χ4v) is 1.67. The Morgan fingerprint density at radius 1 is 1.47 bits per heavy atom. The number of aliphatic carboxylic acids is 1. The van der Waals surface area contributed by atoms with E-state index in [0.29, 0.717) is 12.5 Å². The van der Waals surface area contributed by atoms with Crippen molar-refractivity contribution in [3.05, 3.63) is 12.2 Å². The molecule has 88 valence electrons. The van der Waals surface area contributed by atoms with Gasteiger partial charge in [0.2, 0.25) is 0 Å². The lowest BCUT2D eigenvalue weighted by molar-refractivity contribution is -0.138. The van der Waals surface area contributed by atoms with Gasteiger partial charge in [0.15, 0.2) is 0 Å². The molecule has 0 aromatic rings. The van der Waals surface area contributed by atoms with Gasteiger partial charge in [-0.3, -0.25) is 4.79 Å². The molecule has 3 N–H and O–H groups in total. The van der Waals surface area contributed by atoms with Crippen LogP contribution in [-0.4, -0.2) is 17.6 Å². The van der Waals surface area contributed by atoms with E-state index in [2.05, 4.69) is 26.0 Å². The average Bonchev–Trinajstić information content (AvgIpc) is 2.16. The second-order valence-electron chi connectivity index (χ2n) is 4.16. The molecule has 0 aromatic carbocycles. The van der Waals surface area contributed by atoms with Crippen LogP contribution in [-0.2, 0) is 4.79 Å². The van der Waals surface area contributed by atoms with Gasteiger partial charge in [-0.2, -0.15) is 0 Å². The molecule has 0 heterocycles. The zero-order valence-corrected chi connectivity index (χ0v) is 9.78. The normalized spacial score (nSPS) is 15.4. The standard InChI is InChI=1S/C12H23NO2/c1-3-4-5-6-10(2)7-11(9-13)8-12(14)15/h4-5,10-11H,3,6-9,13H2,1-2H3,(H,14,15)/b5-4+/t10?,11-/m0/s1. The lowest BCUT2D eigenvalue weighted by atomic mass is 9.91. The zero-order valence-electron chi connectivity index (χ0n) is 9.78. The fraction of sp³-hybridized carbons (Fsp3) is 0.750.